The molecule has 0 saturated carbocycles. The number of amides is 2. The average molecular weight is 331 g/mol. The molecule has 0 saturated heterocycles. The number of nitrogens with one attached hydrogen (secondary N) is 2. The first-order valence-electron chi connectivity index (χ1n) is 5.95. The first kappa shape index (κ1) is 15.7. The Kier molecular flexibility index (Phi) is 4.48. The highest BCUT2D eigenvalue weighted by Crippen LogP contribution is 2.31. The SMILES string of the molecule is CC(C)Oc1ccc2nc(NC(=O)NP(=O)(O)O)sc2c1. The van der Waals surface area contributed by atoms with E-state index in [1.165, 1.54) is 16.4 Å². The summed E-state index contributed by atoms with van der Waals surface area (Å²) in [5.74, 6) is 0.687. The zero-order valence-corrected chi connectivity index (χ0v) is 12.9. The molecular formula is C11H14N3O5PS. The summed E-state index contributed by atoms with van der Waals surface area (Å²) < 4.78 is 17.0. The molecule has 1 aromatic carbocycles. The van der Waals surface area contributed by atoms with Gasteiger partial charge in [0.25, 0.3) is 0 Å². The largest absolute Gasteiger partial charge is 0.491 e. The van der Waals surface area contributed by atoms with Crippen LogP contribution in [0, 0.1) is 0 Å². The number of aromatic nitrogens is 1. The lowest BCUT2D eigenvalue weighted by molar-refractivity contribution is 0.242. The molecule has 114 valence electrons. The van der Waals surface area contributed by atoms with Gasteiger partial charge in [0.1, 0.15) is 5.75 Å². The third kappa shape index (κ3) is 4.68. The summed E-state index contributed by atoms with van der Waals surface area (Å²) >= 11 is 1.18. The van der Waals surface area contributed by atoms with Crippen LogP contribution in [0.4, 0.5) is 9.93 Å². The number of ether oxygens (including phenoxy) is 1. The molecule has 0 fully saturated rings. The van der Waals surface area contributed by atoms with Crippen molar-refractivity contribution < 1.29 is 23.9 Å². The quantitative estimate of drug-likeness (QED) is 0.638. The van der Waals surface area contributed by atoms with E-state index < -0.39 is 13.8 Å². The smallest absolute Gasteiger partial charge is 0.431 e. The van der Waals surface area contributed by atoms with Crippen molar-refractivity contribution in [3.05, 3.63) is 18.2 Å². The van der Waals surface area contributed by atoms with Crippen molar-refractivity contribution >= 4 is 40.5 Å². The predicted octanol–water partition coefficient (Wildman–Crippen LogP) is 2.30. The van der Waals surface area contributed by atoms with E-state index >= 15 is 0 Å². The van der Waals surface area contributed by atoms with Gasteiger partial charge in [-0.25, -0.2) is 19.4 Å². The van der Waals surface area contributed by atoms with Gasteiger partial charge in [-0.3, -0.25) is 5.32 Å². The fourth-order valence-corrected chi connectivity index (χ4v) is 2.77. The van der Waals surface area contributed by atoms with Crippen molar-refractivity contribution in [2.24, 2.45) is 0 Å². The van der Waals surface area contributed by atoms with Crippen LogP contribution in [-0.4, -0.2) is 26.9 Å². The van der Waals surface area contributed by atoms with Gasteiger partial charge in [-0.2, -0.15) is 0 Å². The zero-order valence-electron chi connectivity index (χ0n) is 11.2. The van der Waals surface area contributed by atoms with Crippen LogP contribution in [0.25, 0.3) is 10.2 Å². The van der Waals surface area contributed by atoms with Crippen molar-refractivity contribution in [1.82, 2.24) is 10.1 Å². The molecule has 2 rings (SSSR count). The summed E-state index contributed by atoms with van der Waals surface area (Å²) in [6, 6.07) is 4.29. The van der Waals surface area contributed by atoms with Gasteiger partial charge >= 0.3 is 13.8 Å². The molecule has 1 heterocycles. The highest BCUT2D eigenvalue weighted by Gasteiger charge is 2.18. The van der Waals surface area contributed by atoms with Crippen LogP contribution >= 0.6 is 19.1 Å². The number of anilines is 1. The lowest BCUT2D eigenvalue weighted by Crippen LogP contribution is -2.25. The number of thiazole rings is 1. The minimum Gasteiger partial charge on any atom is -0.491 e. The second-order valence-corrected chi connectivity index (χ2v) is 6.77. The second kappa shape index (κ2) is 5.98. The Balaban J connectivity index is 2.15. The number of carbonyl (C=O) groups is 1. The maximum Gasteiger partial charge on any atom is 0.431 e. The molecule has 1 aromatic heterocycles. The molecule has 0 radical (unpaired) electrons. The van der Waals surface area contributed by atoms with Crippen molar-refractivity contribution in [3.8, 4) is 5.75 Å². The van der Waals surface area contributed by atoms with Gasteiger partial charge in [-0.15, -0.1) is 0 Å². The highest BCUT2D eigenvalue weighted by molar-refractivity contribution is 7.50. The Hall–Kier alpha value is -1.67. The molecule has 4 N–H and O–H groups in total. The summed E-state index contributed by atoms with van der Waals surface area (Å²) in [5.41, 5.74) is 0.655. The molecule has 21 heavy (non-hydrogen) atoms. The minimum absolute atomic E-state index is 0.0435. The molecule has 10 heteroatoms. The molecule has 0 aliphatic rings. The van der Waals surface area contributed by atoms with E-state index in [4.69, 9.17) is 14.5 Å². The Morgan fingerprint density at radius 1 is 1.43 bits per heavy atom. The minimum atomic E-state index is -4.62. The first-order chi connectivity index (χ1) is 9.73. The van der Waals surface area contributed by atoms with Gasteiger partial charge in [0.15, 0.2) is 5.13 Å². The van der Waals surface area contributed by atoms with E-state index in [9.17, 15) is 9.36 Å². The third-order valence-electron chi connectivity index (χ3n) is 2.20. The molecule has 0 unspecified atom stereocenters. The molecule has 0 atom stereocenters. The maximum atomic E-state index is 11.3. The second-order valence-electron chi connectivity index (χ2n) is 4.43. The monoisotopic (exact) mass is 331 g/mol. The highest BCUT2D eigenvalue weighted by atomic mass is 32.1. The third-order valence-corrected chi connectivity index (χ3v) is 3.63. The van der Waals surface area contributed by atoms with Gasteiger partial charge in [0, 0.05) is 0 Å². The topological polar surface area (TPSA) is 121 Å². The summed E-state index contributed by atoms with van der Waals surface area (Å²) in [6.45, 7) is 3.83. The number of urea groups is 1. The number of rotatable bonds is 4. The van der Waals surface area contributed by atoms with Crippen LogP contribution in [0.15, 0.2) is 18.2 Å². The summed E-state index contributed by atoms with van der Waals surface area (Å²) in [7, 11) is -4.62. The lowest BCUT2D eigenvalue weighted by atomic mass is 10.3. The van der Waals surface area contributed by atoms with E-state index in [0.717, 1.165) is 4.70 Å². The number of benzene rings is 1. The van der Waals surface area contributed by atoms with Crippen LogP contribution in [0.1, 0.15) is 13.8 Å². The van der Waals surface area contributed by atoms with Gasteiger partial charge in [0.2, 0.25) is 0 Å². The Morgan fingerprint density at radius 3 is 2.76 bits per heavy atom. The maximum absolute atomic E-state index is 11.3. The molecular weight excluding hydrogens is 317 g/mol. The average Bonchev–Trinajstić information content (AvgIpc) is 2.66. The van der Waals surface area contributed by atoms with Crippen LogP contribution < -0.4 is 15.1 Å². The van der Waals surface area contributed by atoms with E-state index in [0.29, 0.717) is 11.3 Å². The number of hydrogen-bond donors (Lipinski definition) is 4. The molecule has 0 aliphatic heterocycles. The molecule has 8 nitrogen and oxygen atoms in total. The lowest BCUT2D eigenvalue weighted by Gasteiger charge is -2.08. The molecule has 2 amide bonds. The van der Waals surface area contributed by atoms with E-state index in [1.54, 1.807) is 18.2 Å². The van der Waals surface area contributed by atoms with Crippen LogP contribution in [0.3, 0.4) is 0 Å². The summed E-state index contributed by atoms with van der Waals surface area (Å²) in [5, 5.41) is 4.01. The fourth-order valence-electron chi connectivity index (χ4n) is 1.56. The zero-order chi connectivity index (χ0) is 15.6. The van der Waals surface area contributed by atoms with Gasteiger partial charge in [-0.05, 0) is 32.0 Å². The molecule has 0 spiro atoms. The van der Waals surface area contributed by atoms with E-state index in [-0.39, 0.29) is 11.2 Å². The number of hydrogen-bond acceptors (Lipinski definition) is 5. The van der Waals surface area contributed by atoms with Crippen molar-refractivity contribution in [2.75, 3.05) is 5.32 Å². The van der Waals surface area contributed by atoms with Crippen molar-refractivity contribution in [1.29, 1.82) is 0 Å². The van der Waals surface area contributed by atoms with Crippen LogP contribution in [0.5, 0.6) is 5.75 Å². The predicted molar refractivity (Wildman–Crippen MR) is 79.6 cm³/mol. The normalized spacial score (nSPS) is 11.7. The number of carbonyl (C=O) groups excluding carboxylic acids is 1. The first-order valence-corrected chi connectivity index (χ1v) is 8.38. The standard InChI is InChI=1S/C11H14N3O5PS/c1-6(2)19-7-3-4-8-9(5-7)21-11(12-8)13-10(15)14-20(16,17)18/h3-6H,1-2H3,(H4,12,13,14,15,16,17,18). The molecule has 2 aromatic rings. The Bertz CT molecular complexity index is 711. The fraction of sp³-hybridized carbons (Fsp3) is 0.273. The Labute approximate surface area is 124 Å². The van der Waals surface area contributed by atoms with E-state index in [2.05, 4.69) is 10.3 Å². The Morgan fingerprint density at radius 2 is 2.14 bits per heavy atom. The van der Waals surface area contributed by atoms with Crippen LogP contribution in [-0.2, 0) is 4.57 Å². The number of nitrogens with zero attached hydrogens (tertiary/aromatic N) is 1. The van der Waals surface area contributed by atoms with Gasteiger partial charge in [0.05, 0.1) is 16.3 Å². The van der Waals surface area contributed by atoms with Crippen molar-refractivity contribution in [3.63, 3.8) is 0 Å². The van der Waals surface area contributed by atoms with Crippen LogP contribution in [0.2, 0.25) is 0 Å². The molecule has 0 aliphatic carbocycles. The van der Waals surface area contributed by atoms with Gasteiger partial charge in [-0.1, -0.05) is 11.3 Å². The number of fused-ring (bicyclic) bond motifs is 1. The van der Waals surface area contributed by atoms with Gasteiger partial charge < -0.3 is 14.5 Å². The summed E-state index contributed by atoms with van der Waals surface area (Å²) in [4.78, 5) is 32.7. The van der Waals surface area contributed by atoms with E-state index in [1.807, 2.05) is 13.8 Å². The summed E-state index contributed by atoms with van der Waals surface area (Å²) in [6.07, 6.45) is 0.0435. The van der Waals surface area contributed by atoms with Crippen molar-refractivity contribution in [2.45, 2.75) is 20.0 Å². The molecule has 0 bridgehead atoms.